The van der Waals surface area contributed by atoms with Gasteiger partial charge in [0, 0.05) is 11.8 Å². The number of hydrogen-bond donors (Lipinski definition) is 0. The standard InChI is InChI=1S/C10H9NO/c1-7-2-3-9-8(6-7)4-5-11-10(9)12/h2-5H,6H2,1H3. The van der Waals surface area contributed by atoms with Crippen molar-refractivity contribution < 1.29 is 4.79 Å². The fourth-order valence-electron chi connectivity index (χ4n) is 1.41. The van der Waals surface area contributed by atoms with Crippen LogP contribution in [0, 0.1) is 0 Å². The fourth-order valence-corrected chi connectivity index (χ4v) is 1.41. The van der Waals surface area contributed by atoms with Gasteiger partial charge in [-0.15, -0.1) is 0 Å². The van der Waals surface area contributed by atoms with E-state index >= 15 is 0 Å². The SMILES string of the molecule is CC1=CC=C2C(=O)N=CC=C2C1. The first-order valence-corrected chi connectivity index (χ1v) is 3.93. The molecule has 0 fully saturated rings. The number of amides is 1. The van der Waals surface area contributed by atoms with E-state index in [-0.39, 0.29) is 5.91 Å². The normalized spacial score (nSPS) is 21.1. The van der Waals surface area contributed by atoms with Crippen molar-refractivity contribution in [3.05, 3.63) is 34.9 Å². The highest BCUT2D eigenvalue weighted by Gasteiger charge is 2.17. The molecule has 0 saturated carbocycles. The first-order chi connectivity index (χ1) is 5.77. The molecular weight excluding hydrogens is 150 g/mol. The van der Waals surface area contributed by atoms with Crippen LogP contribution < -0.4 is 0 Å². The van der Waals surface area contributed by atoms with Crippen LogP contribution in [0.5, 0.6) is 0 Å². The van der Waals surface area contributed by atoms with Crippen LogP contribution in [0.4, 0.5) is 0 Å². The lowest BCUT2D eigenvalue weighted by Gasteiger charge is -2.15. The van der Waals surface area contributed by atoms with Gasteiger partial charge in [0.2, 0.25) is 0 Å². The first kappa shape index (κ1) is 7.22. The molecule has 0 aromatic heterocycles. The van der Waals surface area contributed by atoms with E-state index in [4.69, 9.17) is 0 Å². The summed E-state index contributed by atoms with van der Waals surface area (Å²) >= 11 is 0. The molecule has 0 spiro atoms. The van der Waals surface area contributed by atoms with E-state index in [1.807, 2.05) is 18.2 Å². The minimum absolute atomic E-state index is 0.115. The number of allylic oxidation sites excluding steroid dienone is 4. The Balaban J connectivity index is 2.46. The van der Waals surface area contributed by atoms with Gasteiger partial charge < -0.3 is 0 Å². The summed E-state index contributed by atoms with van der Waals surface area (Å²) in [4.78, 5) is 14.9. The van der Waals surface area contributed by atoms with Crippen molar-refractivity contribution in [1.29, 1.82) is 0 Å². The van der Waals surface area contributed by atoms with Crippen molar-refractivity contribution >= 4 is 12.1 Å². The summed E-state index contributed by atoms with van der Waals surface area (Å²) < 4.78 is 0. The van der Waals surface area contributed by atoms with Gasteiger partial charge in [-0.3, -0.25) is 4.79 Å². The number of hydrogen-bond acceptors (Lipinski definition) is 1. The number of carbonyl (C=O) groups is 1. The lowest BCUT2D eigenvalue weighted by molar-refractivity contribution is -0.114. The number of dihydropyridines is 1. The van der Waals surface area contributed by atoms with Gasteiger partial charge in [0.1, 0.15) is 0 Å². The van der Waals surface area contributed by atoms with Gasteiger partial charge in [-0.05, 0) is 31.1 Å². The Morgan fingerprint density at radius 2 is 2.17 bits per heavy atom. The van der Waals surface area contributed by atoms with Crippen LogP contribution in [-0.2, 0) is 4.79 Å². The number of fused-ring (bicyclic) bond motifs is 1. The molecule has 2 nitrogen and oxygen atoms in total. The number of aliphatic imine (C=N–C) groups is 1. The summed E-state index contributed by atoms with van der Waals surface area (Å²) in [5.74, 6) is -0.115. The molecule has 2 heteroatoms. The molecule has 2 rings (SSSR count). The molecule has 0 radical (unpaired) electrons. The molecule has 60 valence electrons. The van der Waals surface area contributed by atoms with Gasteiger partial charge in [-0.2, -0.15) is 0 Å². The summed E-state index contributed by atoms with van der Waals surface area (Å²) in [6.45, 7) is 2.06. The Morgan fingerprint density at radius 3 is 3.00 bits per heavy atom. The van der Waals surface area contributed by atoms with Crippen molar-refractivity contribution in [1.82, 2.24) is 0 Å². The van der Waals surface area contributed by atoms with Crippen molar-refractivity contribution in [3.8, 4) is 0 Å². The molecule has 0 N–H and O–H groups in total. The zero-order valence-electron chi connectivity index (χ0n) is 6.87. The first-order valence-electron chi connectivity index (χ1n) is 3.93. The Hall–Kier alpha value is -1.44. The van der Waals surface area contributed by atoms with Crippen molar-refractivity contribution in [3.63, 3.8) is 0 Å². The molecule has 0 atom stereocenters. The lowest BCUT2D eigenvalue weighted by Crippen LogP contribution is -2.09. The maximum Gasteiger partial charge on any atom is 0.277 e. The molecule has 0 bridgehead atoms. The topological polar surface area (TPSA) is 29.4 Å². The molecule has 1 amide bonds. The van der Waals surface area contributed by atoms with Crippen molar-refractivity contribution in [2.45, 2.75) is 13.3 Å². The van der Waals surface area contributed by atoms with Gasteiger partial charge in [0.05, 0.1) is 0 Å². The maximum atomic E-state index is 11.2. The molecule has 1 heterocycles. The van der Waals surface area contributed by atoms with Crippen molar-refractivity contribution in [2.75, 3.05) is 0 Å². The molecule has 12 heavy (non-hydrogen) atoms. The molecule has 2 aliphatic rings. The van der Waals surface area contributed by atoms with E-state index in [0.29, 0.717) is 0 Å². The maximum absolute atomic E-state index is 11.2. The molecular formula is C10H9NO. The van der Waals surface area contributed by atoms with Crippen molar-refractivity contribution in [2.24, 2.45) is 4.99 Å². The Bertz CT molecular complexity index is 356. The second kappa shape index (κ2) is 2.55. The van der Waals surface area contributed by atoms with E-state index in [1.165, 1.54) is 5.57 Å². The zero-order valence-corrected chi connectivity index (χ0v) is 6.87. The highest BCUT2D eigenvalue weighted by atomic mass is 16.1. The van der Waals surface area contributed by atoms with Crippen LogP contribution in [0.3, 0.4) is 0 Å². The summed E-state index contributed by atoms with van der Waals surface area (Å²) in [6, 6.07) is 0. The highest BCUT2D eigenvalue weighted by Crippen LogP contribution is 2.26. The minimum atomic E-state index is -0.115. The van der Waals surface area contributed by atoms with E-state index in [0.717, 1.165) is 17.6 Å². The van der Waals surface area contributed by atoms with E-state index in [1.54, 1.807) is 6.21 Å². The predicted octanol–water partition coefficient (Wildman–Crippen LogP) is 1.80. The molecule has 1 aliphatic heterocycles. The van der Waals surface area contributed by atoms with Crippen LogP contribution in [0.1, 0.15) is 13.3 Å². The molecule has 0 saturated heterocycles. The van der Waals surface area contributed by atoms with Gasteiger partial charge in [0.25, 0.3) is 5.91 Å². The van der Waals surface area contributed by atoms with Crippen LogP contribution >= 0.6 is 0 Å². The monoisotopic (exact) mass is 159 g/mol. The van der Waals surface area contributed by atoms with Crippen LogP contribution in [0.2, 0.25) is 0 Å². The third-order valence-corrected chi connectivity index (χ3v) is 2.05. The second-order valence-electron chi connectivity index (χ2n) is 3.05. The fraction of sp³-hybridized carbons (Fsp3) is 0.200. The van der Waals surface area contributed by atoms with E-state index in [9.17, 15) is 4.79 Å². The Morgan fingerprint density at radius 1 is 1.33 bits per heavy atom. The van der Waals surface area contributed by atoms with Crippen LogP contribution in [-0.4, -0.2) is 12.1 Å². The Kier molecular flexibility index (Phi) is 1.54. The molecule has 0 unspecified atom stereocenters. The Labute approximate surface area is 71.0 Å². The predicted molar refractivity (Wildman–Crippen MR) is 48.0 cm³/mol. The molecule has 1 aliphatic carbocycles. The highest BCUT2D eigenvalue weighted by molar-refractivity contribution is 6.07. The second-order valence-corrected chi connectivity index (χ2v) is 3.05. The molecule has 0 aromatic rings. The lowest BCUT2D eigenvalue weighted by atomic mass is 9.92. The third kappa shape index (κ3) is 1.05. The summed E-state index contributed by atoms with van der Waals surface area (Å²) in [7, 11) is 0. The number of nitrogens with zero attached hydrogens (tertiary/aromatic N) is 1. The van der Waals surface area contributed by atoms with Crippen LogP contribution in [0.25, 0.3) is 0 Å². The smallest absolute Gasteiger partial charge is 0.267 e. The van der Waals surface area contributed by atoms with Crippen LogP contribution in [0.15, 0.2) is 39.9 Å². The minimum Gasteiger partial charge on any atom is -0.267 e. The van der Waals surface area contributed by atoms with Gasteiger partial charge in [0.15, 0.2) is 0 Å². The summed E-state index contributed by atoms with van der Waals surface area (Å²) in [6.07, 6.45) is 8.19. The number of carbonyl (C=O) groups excluding carboxylic acids is 1. The van der Waals surface area contributed by atoms with Gasteiger partial charge in [-0.1, -0.05) is 11.6 Å². The van der Waals surface area contributed by atoms with Gasteiger partial charge >= 0.3 is 0 Å². The summed E-state index contributed by atoms with van der Waals surface area (Å²) in [5.41, 5.74) is 3.13. The molecule has 0 aromatic carbocycles. The third-order valence-electron chi connectivity index (χ3n) is 2.05. The quantitative estimate of drug-likeness (QED) is 0.530. The average Bonchev–Trinajstić information content (AvgIpc) is 2.04. The number of rotatable bonds is 0. The van der Waals surface area contributed by atoms with E-state index in [2.05, 4.69) is 11.9 Å². The largest absolute Gasteiger partial charge is 0.277 e. The van der Waals surface area contributed by atoms with E-state index < -0.39 is 0 Å². The zero-order chi connectivity index (χ0) is 8.55. The summed E-state index contributed by atoms with van der Waals surface area (Å²) in [5, 5.41) is 0. The van der Waals surface area contributed by atoms with Gasteiger partial charge in [-0.25, -0.2) is 4.99 Å². The average molecular weight is 159 g/mol.